The van der Waals surface area contributed by atoms with E-state index in [9.17, 15) is 9.59 Å². The van der Waals surface area contributed by atoms with Gasteiger partial charge in [-0.15, -0.1) is 0 Å². The number of aromatic nitrogens is 1. The first-order chi connectivity index (χ1) is 12.6. The highest BCUT2D eigenvalue weighted by molar-refractivity contribution is 6.06. The molecule has 132 valence electrons. The van der Waals surface area contributed by atoms with Crippen LogP contribution in [0.4, 0.5) is 5.69 Å². The zero-order valence-corrected chi connectivity index (χ0v) is 14.8. The third-order valence-corrected chi connectivity index (χ3v) is 4.25. The normalized spacial score (nSPS) is 11.2. The number of allylic oxidation sites excluding steroid dienone is 1. The van der Waals surface area contributed by atoms with Gasteiger partial charge in [-0.2, -0.15) is 0 Å². The highest BCUT2D eigenvalue weighted by Crippen LogP contribution is 2.22. The van der Waals surface area contributed by atoms with Crippen LogP contribution in [0.2, 0.25) is 0 Å². The molecule has 0 amide bonds. The number of hydrogen-bond donors (Lipinski definition) is 0. The summed E-state index contributed by atoms with van der Waals surface area (Å²) in [6.07, 6.45) is 5.97. The molecule has 2 heterocycles. The average Bonchev–Trinajstić information content (AvgIpc) is 2.67. The maximum Gasteiger partial charge on any atom is 0.343 e. The van der Waals surface area contributed by atoms with Crippen molar-refractivity contribution in [3.8, 4) is 0 Å². The molecule has 0 saturated heterocycles. The molecule has 0 aliphatic carbocycles. The molecular weight excluding hydrogens is 328 g/mol. The maximum atomic E-state index is 12.2. The molecule has 26 heavy (non-hydrogen) atoms. The summed E-state index contributed by atoms with van der Waals surface area (Å²) in [5, 5.41) is 0.816. The molecule has 0 fully saturated rings. The Morgan fingerprint density at radius 1 is 1.12 bits per heavy atom. The number of carbonyl (C=O) groups is 1. The van der Waals surface area contributed by atoms with Crippen molar-refractivity contribution < 1.29 is 9.21 Å². The van der Waals surface area contributed by atoms with Gasteiger partial charge in [-0.05, 0) is 56.3 Å². The zero-order valence-electron chi connectivity index (χ0n) is 14.8. The summed E-state index contributed by atoms with van der Waals surface area (Å²) in [6.45, 7) is 5.92. The first kappa shape index (κ1) is 17.6. The summed E-state index contributed by atoms with van der Waals surface area (Å²) in [5.74, 6) is -0.191. The molecule has 5 nitrogen and oxygen atoms in total. The molecule has 0 aliphatic heterocycles. The van der Waals surface area contributed by atoms with Gasteiger partial charge in [0, 0.05) is 48.2 Å². The number of anilines is 1. The Labute approximate surface area is 151 Å². The van der Waals surface area contributed by atoms with Crippen LogP contribution in [0.15, 0.2) is 64.1 Å². The second-order valence-electron chi connectivity index (χ2n) is 5.82. The Hall–Kier alpha value is -3.21. The van der Waals surface area contributed by atoms with Crippen LogP contribution in [0.1, 0.15) is 29.8 Å². The molecular formula is C21H20N2O3. The van der Waals surface area contributed by atoms with Crippen molar-refractivity contribution in [3.05, 3.63) is 76.4 Å². The van der Waals surface area contributed by atoms with Gasteiger partial charge in [0.2, 0.25) is 0 Å². The van der Waals surface area contributed by atoms with Gasteiger partial charge in [0.25, 0.3) is 0 Å². The van der Waals surface area contributed by atoms with Crippen molar-refractivity contribution in [3.63, 3.8) is 0 Å². The minimum atomic E-state index is -0.465. The molecule has 0 unspecified atom stereocenters. The number of hydrogen-bond acceptors (Lipinski definition) is 5. The monoisotopic (exact) mass is 348 g/mol. The number of fused-ring (bicyclic) bond motifs is 1. The van der Waals surface area contributed by atoms with E-state index in [1.165, 1.54) is 12.2 Å². The summed E-state index contributed by atoms with van der Waals surface area (Å²) >= 11 is 0. The van der Waals surface area contributed by atoms with Crippen LogP contribution in [-0.4, -0.2) is 23.9 Å². The van der Waals surface area contributed by atoms with E-state index in [4.69, 9.17) is 4.42 Å². The lowest BCUT2D eigenvalue weighted by molar-refractivity contribution is 0.104. The minimum absolute atomic E-state index is 0.191. The van der Waals surface area contributed by atoms with Crippen molar-refractivity contribution in [2.24, 2.45) is 0 Å². The Bertz CT molecular complexity index is 1000. The van der Waals surface area contributed by atoms with Gasteiger partial charge in [0.1, 0.15) is 5.58 Å². The molecule has 3 rings (SSSR count). The molecule has 0 saturated carbocycles. The van der Waals surface area contributed by atoms with E-state index in [1.807, 2.05) is 18.2 Å². The van der Waals surface area contributed by atoms with Crippen molar-refractivity contribution in [2.45, 2.75) is 13.8 Å². The molecule has 0 radical (unpaired) electrons. The van der Waals surface area contributed by atoms with Crippen LogP contribution in [0.25, 0.3) is 17.0 Å². The Balaban J connectivity index is 1.92. The van der Waals surface area contributed by atoms with Gasteiger partial charge in [-0.3, -0.25) is 9.78 Å². The molecule has 5 heteroatoms. The summed E-state index contributed by atoms with van der Waals surface area (Å²) in [6, 6.07) is 10.8. The summed E-state index contributed by atoms with van der Waals surface area (Å²) < 4.78 is 5.46. The number of rotatable bonds is 6. The van der Waals surface area contributed by atoms with Crippen LogP contribution in [0.5, 0.6) is 0 Å². The van der Waals surface area contributed by atoms with Gasteiger partial charge in [0.05, 0.1) is 5.56 Å². The average molecular weight is 348 g/mol. The van der Waals surface area contributed by atoms with E-state index in [2.05, 4.69) is 23.7 Å². The second kappa shape index (κ2) is 7.78. The number of ketones is 1. The number of carbonyl (C=O) groups excluding carboxylic acids is 1. The van der Waals surface area contributed by atoms with Gasteiger partial charge in [0.15, 0.2) is 5.78 Å². The summed E-state index contributed by atoms with van der Waals surface area (Å²) in [5.41, 5.74) is 1.95. The summed E-state index contributed by atoms with van der Waals surface area (Å²) in [7, 11) is 0. The van der Waals surface area contributed by atoms with Crippen LogP contribution >= 0.6 is 0 Å². The lowest BCUT2D eigenvalue weighted by atomic mass is 10.1. The fraction of sp³-hybridized carbons (Fsp3) is 0.190. The molecule has 0 spiro atoms. The number of pyridine rings is 1. The van der Waals surface area contributed by atoms with Crippen molar-refractivity contribution in [1.29, 1.82) is 0 Å². The van der Waals surface area contributed by atoms with E-state index < -0.39 is 5.63 Å². The molecule has 0 N–H and O–H groups in total. The maximum absolute atomic E-state index is 12.2. The van der Waals surface area contributed by atoms with Gasteiger partial charge < -0.3 is 9.32 Å². The lowest BCUT2D eigenvalue weighted by Gasteiger charge is -2.20. The highest BCUT2D eigenvalue weighted by Gasteiger charge is 2.08. The summed E-state index contributed by atoms with van der Waals surface area (Å²) in [4.78, 5) is 30.4. The van der Waals surface area contributed by atoms with E-state index in [0.717, 1.165) is 24.2 Å². The predicted molar refractivity (Wildman–Crippen MR) is 104 cm³/mol. The van der Waals surface area contributed by atoms with E-state index in [0.29, 0.717) is 16.7 Å². The highest BCUT2D eigenvalue weighted by atomic mass is 16.4. The SMILES string of the molecule is CCN(CC)c1ccc2cc(/C=C/C(=O)c3ccncc3)c(=O)oc2c1. The van der Waals surface area contributed by atoms with Crippen molar-refractivity contribution in [1.82, 2.24) is 4.98 Å². The van der Waals surface area contributed by atoms with Crippen LogP contribution < -0.4 is 10.5 Å². The third-order valence-electron chi connectivity index (χ3n) is 4.25. The second-order valence-corrected chi connectivity index (χ2v) is 5.82. The fourth-order valence-electron chi connectivity index (χ4n) is 2.80. The van der Waals surface area contributed by atoms with Crippen LogP contribution in [-0.2, 0) is 0 Å². The van der Waals surface area contributed by atoms with Gasteiger partial charge in [-0.1, -0.05) is 0 Å². The first-order valence-corrected chi connectivity index (χ1v) is 8.57. The topological polar surface area (TPSA) is 63.4 Å². The quantitative estimate of drug-likeness (QED) is 0.384. The van der Waals surface area contributed by atoms with Crippen molar-refractivity contribution in [2.75, 3.05) is 18.0 Å². The molecule has 3 aromatic rings. The Kier molecular flexibility index (Phi) is 5.27. The van der Waals surface area contributed by atoms with Gasteiger partial charge in [-0.25, -0.2) is 4.79 Å². The Morgan fingerprint density at radius 2 is 1.85 bits per heavy atom. The van der Waals surface area contributed by atoms with Crippen molar-refractivity contribution >= 4 is 28.5 Å². The molecule has 0 aliphatic rings. The smallest absolute Gasteiger partial charge is 0.343 e. The molecule has 2 aromatic heterocycles. The van der Waals surface area contributed by atoms with Gasteiger partial charge >= 0.3 is 5.63 Å². The first-order valence-electron chi connectivity index (χ1n) is 8.57. The molecule has 0 bridgehead atoms. The van der Waals surface area contributed by atoms with E-state index in [1.54, 1.807) is 30.6 Å². The lowest BCUT2D eigenvalue weighted by Crippen LogP contribution is -2.21. The van der Waals surface area contributed by atoms with Crippen LogP contribution in [0, 0.1) is 0 Å². The minimum Gasteiger partial charge on any atom is -0.422 e. The van der Waals surface area contributed by atoms with E-state index in [-0.39, 0.29) is 5.78 Å². The largest absolute Gasteiger partial charge is 0.422 e. The third kappa shape index (κ3) is 3.72. The fourth-order valence-corrected chi connectivity index (χ4v) is 2.80. The predicted octanol–water partition coefficient (Wildman–Crippen LogP) is 3.93. The molecule has 0 atom stereocenters. The van der Waals surface area contributed by atoms with E-state index >= 15 is 0 Å². The standard InChI is InChI=1S/C21H20N2O3/c1-3-23(4-2)18-7-5-16-13-17(21(25)26-20(16)14-18)6-8-19(24)15-9-11-22-12-10-15/h5-14H,3-4H2,1-2H3/b8-6+. The van der Waals surface area contributed by atoms with Crippen LogP contribution in [0.3, 0.4) is 0 Å². The Morgan fingerprint density at radius 3 is 2.54 bits per heavy atom. The number of benzene rings is 1. The zero-order chi connectivity index (χ0) is 18.5. The number of nitrogens with zero attached hydrogens (tertiary/aromatic N) is 2. The molecule has 1 aromatic carbocycles.